The fourth-order valence-corrected chi connectivity index (χ4v) is 1.43. The van der Waals surface area contributed by atoms with Crippen molar-refractivity contribution >= 4 is 0 Å². The molecule has 1 aliphatic rings. The van der Waals surface area contributed by atoms with Crippen molar-refractivity contribution in [2.24, 2.45) is 0 Å². The zero-order valence-electron chi connectivity index (χ0n) is 7.94. The van der Waals surface area contributed by atoms with Gasteiger partial charge in [-0.25, -0.2) is 0 Å². The lowest BCUT2D eigenvalue weighted by atomic mass is 10.2. The van der Waals surface area contributed by atoms with Crippen molar-refractivity contribution in [1.29, 1.82) is 0 Å². The fraction of sp³-hybridized carbons (Fsp3) is 1.00. The molecule has 0 aliphatic carbocycles. The molecule has 13 heavy (non-hydrogen) atoms. The number of ether oxygens (including phenoxy) is 1. The zero-order chi connectivity index (χ0) is 9.68. The molecule has 5 heteroatoms. The van der Waals surface area contributed by atoms with Gasteiger partial charge in [0.2, 0.25) is 6.04 Å². The van der Waals surface area contributed by atoms with Gasteiger partial charge in [-0.15, -0.1) is 0 Å². The van der Waals surface area contributed by atoms with E-state index in [4.69, 9.17) is 4.74 Å². The molecule has 0 aromatic heterocycles. The Morgan fingerprint density at radius 1 is 1.54 bits per heavy atom. The van der Waals surface area contributed by atoms with Gasteiger partial charge in [0.15, 0.2) is 0 Å². The summed E-state index contributed by atoms with van der Waals surface area (Å²) in [5, 5.41) is 10.6. The third kappa shape index (κ3) is 3.28. The number of hydrogen-bond donors (Lipinski definition) is 0. The highest BCUT2D eigenvalue weighted by atomic mass is 16.6. The molecule has 0 radical (unpaired) electrons. The van der Waals surface area contributed by atoms with Gasteiger partial charge in [0, 0.05) is 24.4 Å². The second kappa shape index (κ2) is 5.14. The first kappa shape index (κ1) is 10.4. The molecule has 0 bridgehead atoms. The van der Waals surface area contributed by atoms with E-state index in [1.807, 2.05) is 6.92 Å². The van der Waals surface area contributed by atoms with E-state index in [-0.39, 0.29) is 4.92 Å². The predicted molar refractivity (Wildman–Crippen MR) is 48.3 cm³/mol. The van der Waals surface area contributed by atoms with Crippen LogP contribution in [0.2, 0.25) is 0 Å². The topological polar surface area (TPSA) is 55.6 Å². The highest BCUT2D eigenvalue weighted by Gasteiger charge is 2.22. The van der Waals surface area contributed by atoms with E-state index < -0.39 is 6.04 Å². The van der Waals surface area contributed by atoms with Crippen LogP contribution >= 0.6 is 0 Å². The summed E-state index contributed by atoms with van der Waals surface area (Å²) in [6.45, 7) is 5.47. The molecule has 0 aromatic carbocycles. The number of hydrogen-bond acceptors (Lipinski definition) is 4. The van der Waals surface area contributed by atoms with Gasteiger partial charge >= 0.3 is 0 Å². The Morgan fingerprint density at radius 2 is 2.15 bits per heavy atom. The molecule has 1 aliphatic heterocycles. The van der Waals surface area contributed by atoms with Crippen molar-refractivity contribution in [2.45, 2.75) is 19.4 Å². The molecule has 5 nitrogen and oxygen atoms in total. The highest BCUT2D eigenvalue weighted by Crippen LogP contribution is 2.03. The third-order valence-corrected chi connectivity index (χ3v) is 2.34. The number of morpholine rings is 1. The van der Waals surface area contributed by atoms with Crippen LogP contribution < -0.4 is 0 Å². The minimum Gasteiger partial charge on any atom is -0.379 e. The smallest absolute Gasteiger partial charge is 0.225 e. The number of nitro groups is 1. The van der Waals surface area contributed by atoms with Gasteiger partial charge in [0.1, 0.15) is 0 Å². The van der Waals surface area contributed by atoms with Gasteiger partial charge < -0.3 is 4.74 Å². The lowest BCUT2D eigenvalue weighted by Gasteiger charge is -2.27. The summed E-state index contributed by atoms with van der Waals surface area (Å²) in [7, 11) is 0. The maximum Gasteiger partial charge on any atom is 0.225 e. The monoisotopic (exact) mass is 188 g/mol. The molecule has 0 spiro atoms. The van der Waals surface area contributed by atoms with Crippen LogP contribution in [-0.4, -0.2) is 48.7 Å². The fourth-order valence-electron chi connectivity index (χ4n) is 1.43. The van der Waals surface area contributed by atoms with Crippen molar-refractivity contribution in [3.63, 3.8) is 0 Å². The van der Waals surface area contributed by atoms with E-state index in [0.29, 0.717) is 26.2 Å². The molecular formula is C8H16N2O3. The van der Waals surface area contributed by atoms with Crippen LogP contribution in [0, 0.1) is 10.1 Å². The van der Waals surface area contributed by atoms with Gasteiger partial charge in [-0.3, -0.25) is 15.0 Å². The summed E-state index contributed by atoms with van der Waals surface area (Å²) in [6.07, 6.45) is 0.602. The van der Waals surface area contributed by atoms with Crippen molar-refractivity contribution in [1.82, 2.24) is 4.90 Å². The van der Waals surface area contributed by atoms with Crippen LogP contribution in [0.5, 0.6) is 0 Å². The maximum absolute atomic E-state index is 10.6. The quantitative estimate of drug-likeness (QED) is 0.472. The largest absolute Gasteiger partial charge is 0.379 e. The molecule has 76 valence electrons. The van der Waals surface area contributed by atoms with Gasteiger partial charge in [-0.1, -0.05) is 6.92 Å². The summed E-state index contributed by atoms with van der Waals surface area (Å²) >= 11 is 0. The van der Waals surface area contributed by atoms with Crippen LogP contribution in [0.25, 0.3) is 0 Å². The van der Waals surface area contributed by atoms with Crippen LogP contribution in [-0.2, 0) is 4.74 Å². The zero-order valence-corrected chi connectivity index (χ0v) is 7.94. The van der Waals surface area contributed by atoms with Crippen molar-refractivity contribution in [3.8, 4) is 0 Å². The van der Waals surface area contributed by atoms with E-state index in [1.165, 1.54) is 0 Å². The standard InChI is InChI=1S/C8H16N2O3/c1-2-8(10(11)12)7-9-3-5-13-6-4-9/h8H,2-7H2,1H3/t8-/m1/s1. The first-order valence-electron chi connectivity index (χ1n) is 4.67. The Hall–Kier alpha value is -0.680. The SMILES string of the molecule is CC[C@H](CN1CCOCC1)[N+](=O)[O-]. The van der Waals surface area contributed by atoms with Gasteiger partial charge in [0.25, 0.3) is 0 Å². The summed E-state index contributed by atoms with van der Waals surface area (Å²) in [5.74, 6) is 0. The normalized spacial score (nSPS) is 21.3. The Bertz CT molecular complexity index is 169. The van der Waals surface area contributed by atoms with Crippen LogP contribution in [0.4, 0.5) is 0 Å². The van der Waals surface area contributed by atoms with Crippen LogP contribution in [0.15, 0.2) is 0 Å². The van der Waals surface area contributed by atoms with Gasteiger partial charge in [0.05, 0.1) is 19.8 Å². The minimum absolute atomic E-state index is 0.185. The molecule has 0 N–H and O–H groups in total. The van der Waals surface area contributed by atoms with E-state index >= 15 is 0 Å². The minimum atomic E-state index is -0.418. The van der Waals surface area contributed by atoms with Gasteiger partial charge in [-0.05, 0) is 0 Å². The average molecular weight is 188 g/mol. The first-order valence-corrected chi connectivity index (χ1v) is 4.67. The highest BCUT2D eigenvalue weighted by molar-refractivity contribution is 4.66. The van der Waals surface area contributed by atoms with E-state index in [0.717, 1.165) is 13.1 Å². The molecule has 1 heterocycles. The van der Waals surface area contributed by atoms with E-state index in [9.17, 15) is 10.1 Å². The lowest BCUT2D eigenvalue weighted by molar-refractivity contribution is -0.523. The van der Waals surface area contributed by atoms with Crippen LogP contribution in [0.3, 0.4) is 0 Å². The van der Waals surface area contributed by atoms with Crippen molar-refractivity contribution in [3.05, 3.63) is 10.1 Å². The molecule has 1 fully saturated rings. The molecule has 0 saturated carbocycles. The second-order valence-electron chi connectivity index (χ2n) is 3.26. The maximum atomic E-state index is 10.6. The number of nitrogens with zero attached hydrogens (tertiary/aromatic N) is 2. The molecule has 1 atom stereocenters. The Labute approximate surface area is 77.8 Å². The first-order chi connectivity index (χ1) is 6.24. The average Bonchev–Trinajstić information content (AvgIpc) is 2.15. The summed E-state index contributed by atoms with van der Waals surface area (Å²) in [4.78, 5) is 12.5. The van der Waals surface area contributed by atoms with E-state index in [2.05, 4.69) is 4.90 Å². The van der Waals surface area contributed by atoms with Gasteiger partial charge in [-0.2, -0.15) is 0 Å². The Kier molecular flexibility index (Phi) is 4.11. The molecule has 0 amide bonds. The number of rotatable bonds is 4. The molecular weight excluding hydrogens is 172 g/mol. The predicted octanol–water partition coefficient (Wildman–Crippen LogP) is 0.374. The van der Waals surface area contributed by atoms with Crippen molar-refractivity contribution in [2.75, 3.05) is 32.8 Å². The molecule has 0 unspecified atom stereocenters. The molecule has 1 saturated heterocycles. The third-order valence-electron chi connectivity index (χ3n) is 2.34. The summed E-state index contributed by atoms with van der Waals surface area (Å²) in [6, 6.07) is -0.418. The van der Waals surface area contributed by atoms with E-state index in [1.54, 1.807) is 0 Å². The summed E-state index contributed by atoms with van der Waals surface area (Å²) in [5.41, 5.74) is 0. The Balaban J connectivity index is 2.31. The van der Waals surface area contributed by atoms with Crippen LogP contribution in [0.1, 0.15) is 13.3 Å². The van der Waals surface area contributed by atoms with Crippen molar-refractivity contribution < 1.29 is 9.66 Å². The molecule has 0 aromatic rings. The second-order valence-corrected chi connectivity index (χ2v) is 3.26. The summed E-state index contributed by atoms with van der Waals surface area (Å²) < 4.78 is 5.16. The Morgan fingerprint density at radius 3 is 2.62 bits per heavy atom. The molecule has 1 rings (SSSR count). The lowest BCUT2D eigenvalue weighted by Crippen LogP contribution is -2.42.